The van der Waals surface area contributed by atoms with Gasteiger partial charge < -0.3 is 4.74 Å². The number of unbranched alkanes of at least 4 members (excludes halogenated alkanes) is 2. The Morgan fingerprint density at radius 1 is 1.18 bits per heavy atom. The summed E-state index contributed by atoms with van der Waals surface area (Å²) >= 11 is 0. The van der Waals surface area contributed by atoms with Crippen molar-refractivity contribution in [3.05, 3.63) is 24.3 Å². The molecule has 3 heteroatoms. The molecule has 0 unspecified atom stereocenters. The van der Waals surface area contributed by atoms with Gasteiger partial charge in [-0.3, -0.25) is 4.79 Å². The molecule has 0 aliphatic heterocycles. The molecular weight excluding hydrogens is 232 g/mol. The summed E-state index contributed by atoms with van der Waals surface area (Å²) in [6.07, 6.45) is 8.07. The Morgan fingerprint density at radius 2 is 1.82 bits per heavy atom. The molecule has 0 fully saturated rings. The predicted octanol–water partition coefficient (Wildman–Crippen LogP) is 3.79. The largest absolute Gasteiger partial charge is 0.427 e. The highest BCUT2D eigenvalue weighted by Gasteiger charge is 2.04. The number of hydrogen-bond donors (Lipinski definition) is 1. The maximum Gasteiger partial charge on any atom is 0.311 e. The molecule has 0 heterocycles. The summed E-state index contributed by atoms with van der Waals surface area (Å²) in [7, 11) is -0.0804. The van der Waals surface area contributed by atoms with E-state index in [9.17, 15) is 4.79 Å². The normalized spacial score (nSPS) is 11.1. The van der Waals surface area contributed by atoms with Gasteiger partial charge in [0.15, 0.2) is 0 Å². The van der Waals surface area contributed by atoms with E-state index in [0.717, 1.165) is 19.3 Å². The van der Waals surface area contributed by atoms with Crippen LogP contribution >= 0.6 is 10.9 Å². The van der Waals surface area contributed by atoms with E-state index >= 15 is 0 Å². The van der Waals surface area contributed by atoms with Gasteiger partial charge in [0.05, 0.1) is 0 Å². The third-order valence-corrected chi connectivity index (χ3v) is 3.90. The molecule has 2 nitrogen and oxygen atoms in total. The minimum Gasteiger partial charge on any atom is -0.427 e. The van der Waals surface area contributed by atoms with E-state index in [0.29, 0.717) is 12.2 Å². The molecule has 1 aromatic carbocycles. The lowest BCUT2D eigenvalue weighted by Crippen LogP contribution is -2.07. The number of thiol groups is 1. The second kappa shape index (κ2) is 7.38. The molecule has 96 valence electrons. The number of carbonyl (C=O) groups is 1. The first kappa shape index (κ1) is 14.1. The van der Waals surface area contributed by atoms with Crippen molar-refractivity contribution >= 4 is 16.9 Å². The molecule has 0 saturated heterocycles. The average molecular weight is 254 g/mol. The van der Waals surface area contributed by atoms with Crippen LogP contribution in [0.5, 0.6) is 5.75 Å². The number of benzene rings is 1. The summed E-state index contributed by atoms with van der Waals surface area (Å²) in [5.41, 5.74) is 0. The minimum atomic E-state index is -0.124. The smallest absolute Gasteiger partial charge is 0.311 e. The van der Waals surface area contributed by atoms with E-state index in [1.165, 1.54) is 4.90 Å². The summed E-state index contributed by atoms with van der Waals surface area (Å²) in [5.74, 6) is 0.536. The van der Waals surface area contributed by atoms with Crippen molar-refractivity contribution in [3.63, 3.8) is 0 Å². The molecule has 0 atom stereocenters. The number of hydrogen-bond acceptors (Lipinski definition) is 2. The van der Waals surface area contributed by atoms with Crippen molar-refractivity contribution in [1.82, 2.24) is 0 Å². The van der Waals surface area contributed by atoms with Crippen LogP contribution < -0.4 is 4.74 Å². The Balaban J connectivity index is 2.43. The van der Waals surface area contributed by atoms with Crippen LogP contribution in [0.2, 0.25) is 0 Å². The van der Waals surface area contributed by atoms with Crippen molar-refractivity contribution in [3.8, 4) is 5.75 Å². The van der Waals surface area contributed by atoms with Crippen molar-refractivity contribution < 1.29 is 9.53 Å². The fraction of sp³-hybridized carbons (Fsp3) is 0.500. The molecule has 0 amide bonds. The van der Waals surface area contributed by atoms with Crippen molar-refractivity contribution in [2.45, 2.75) is 37.5 Å². The van der Waals surface area contributed by atoms with E-state index in [1.807, 2.05) is 24.3 Å². The summed E-state index contributed by atoms with van der Waals surface area (Å²) in [5, 5.41) is 0. The van der Waals surface area contributed by atoms with Gasteiger partial charge in [-0.1, -0.05) is 19.8 Å². The van der Waals surface area contributed by atoms with Crippen LogP contribution in [0, 0.1) is 0 Å². The first-order chi connectivity index (χ1) is 8.13. The first-order valence-electron chi connectivity index (χ1n) is 6.11. The Hall–Kier alpha value is -0.960. The second-order valence-electron chi connectivity index (χ2n) is 4.32. The molecular formula is C14H22O2S. The third-order valence-electron chi connectivity index (χ3n) is 2.57. The number of esters is 1. The van der Waals surface area contributed by atoms with Gasteiger partial charge in [0.2, 0.25) is 0 Å². The van der Waals surface area contributed by atoms with Crippen molar-refractivity contribution in [2.75, 3.05) is 12.5 Å². The fourth-order valence-corrected chi connectivity index (χ4v) is 2.26. The lowest BCUT2D eigenvalue weighted by molar-refractivity contribution is -0.134. The molecule has 1 rings (SSSR count). The zero-order valence-electron chi connectivity index (χ0n) is 10.9. The van der Waals surface area contributed by atoms with Gasteiger partial charge >= 0.3 is 5.97 Å². The van der Waals surface area contributed by atoms with Crippen LogP contribution in [0.25, 0.3) is 0 Å². The SMILES string of the molecule is CCCCCC(=O)Oc1ccc([SH](C)C)cc1. The van der Waals surface area contributed by atoms with Crippen LogP contribution in [-0.4, -0.2) is 18.5 Å². The minimum absolute atomic E-state index is 0.0804. The van der Waals surface area contributed by atoms with Crippen LogP contribution in [0.15, 0.2) is 29.2 Å². The number of carbonyl (C=O) groups excluding carboxylic acids is 1. The number of rotatable bonds is 6. The monoisotopic (exact) mass is 254 g/mol. The van der Waals surface area contributed by atoms with Gasteiger partial charge in [-0.05, 0) is 48.1 Å². The van der Waals surface area contributed by atoms with Crippen LogP contribution in [0.1, 0.15) is 32.6 Å². The maximum absolute atomic E-state index is 11.5. The standard InChI is InChI=1S/C14H22O2S/c1-4-5-6-7-14(15)16-12-8-10-13(11-9-12)17(2)3/h8-11,17H,4-7H2,1-3H3. The Labute approximate surface area is 107 Å². The van der Waals surface area contributed by atoms with E-state index in [1.54, 1.807) is 0 Å². The first-order valence-corrected chi connectivity index (χ1v) is 8.35. The summed E-state index contributed by atoms with van der Waals surface area (Å²) < 4.78 is 5.26. The molecule has 0 N–H and O–H groups in total. The maximum atomic E-state index is 11.5. The van der Waals surface area contributed by atoms with Crippen LogP contribution in [-0.2, 0) is 4.79 Å². The van der Waals surface area contributed by atoms with Gasteiger partial charge in [0, 0.05) is 6.42 Å². The zero-order valence-corrected chi connectivity index (χ0v) is 11.8. The second-order valence-corrected chi connectivity index (χ2v) is 6.62. The van der Waals surface area contributed by atoms with Crippen molar-refractivity contribution in [2.24, 2.45) is 0 Å². The van der Waals surface area contributed by atoms with E-state index < -0.39 is 0 Å². The van der Waals surface area contributed by atoms with Gasteiger partial charge in [-0.25, -0.2) is 10.9 Å². The van der Waals surface area contributed by atoms with E-state index in [2.05, 4.69) is 19.4 Å². The molecule has 0 radical (unpaired) electrons. The lowest BCUT2D eigenvalue weighted by atomic mass is 10.2. The molecule has 0 aliphatic carbocycles. The van der Waals surface area contributed by atoms with Gasteiger partial charge in [0.25, 0.3) is 0 Å². The quantitative estimate of drug-likeness (QED) is 0.362. The Kier molecular flexibility index (Phi) is 6.12. The fourth-order valence-electron chi connectivity index (χ4n) is 1.51. The topological polar surface area (TPSA) is 26.3 Å². The van der Waals surface area contributed by atoms with E-state index in [-0.39, 0.29) is 16.9 Å². The molecule has 0 aliphatic rings. The van der Waals surface area contributed by atoms with Gasteiger partial charge in [0.1, 0.15) is 5.75 Å². The third kappa shape index (κ3) is 5.26. The Bertz CT molecular complexity index is 344. The average Bonchev–Trinajstić information content (AvgIpc) is 2.30. The highest BCUT2D eigenvalue weighted by Crippen LogP contribution is 2.29. The highest BCUT2D eigenvalue weighted by atomic mass is 32.2. The van der Waals surface area contributed by atoms with Gasteiger partial charge in [-0.15, -0.1) is 0 Å². The van der Waals surface area contributed by atoms with Crippen LogP contribution in [0.3, 0.4) is 0 Å². The summed E-state index contributed by atoms with van der Waals surface area (Å²) in [4.78, 5) is 12.8. The lowest BCUT2D eigenvalue weighted by Gasteiger charge is -2.10. The van der Waals surface area contributed by atoms with Crippen molar-refractivity contribution in [1.29, 1.82) is 0 Å². The predicted molar refractivity (Wildman–Crippen MR) is 75.3 cm³/mol. The summed E-state index contributed by atoms with van der Waals surface area (Å²) in [6, 6.07) is 7.85. The highest BCUT2D eigenvalue weighted by molar-refractivity contribution is 8.15. The Morgan fingerprint density at radius 3 is 2.35 bits per heavy atom. The number of ether oxygens (including phenoxy) is 1. The van der Waals surface area contributed by atoms with E-state index in [4.69, 9.17) is 4.74 Å². The molecule has 0 bridgehead atoms. The zero-order chi connectivity index (χ0) is 12.7. The molecule has 0 aromatic heterocycles. The summed E-state index contributed by atoms with van der Waals surface area (Å²) in [6.45, 7) is 2.12. The van der Waals surface area contributed by atoms with Gasteiger partial charge in [-0.2, -0.15) is 0 Å². The molecule has 0 saturated carbocycles. The molecule has 1 aromatic rings. The van der Waals surface area contributed by atoms with Crippen LogP contribution in [0.4, 0.5) is 0 Å². The molecule has 17 heavy (non-hydrogen) atoms. The molecule has 0 spiro atoms.